The number of carbonyl (C=O) groups excluding carboxylic acids is 2. The highest BCUT2D eigenvalue weighted by molar-refractivity contribution is 5.94. The summed E-state index contributed by atoms with van der Waals surface area (Å²) in [6.07, 6.45) is 1.00. The van der Waals surface area contributed by atoms with Gasteiger partial charge in [0.15, 0.2) is 0 Å². The molecule has 0 aliphatic carbocycles. The van der Waals surface area contributed by atoms with Gasteiger partial charge in [-0.15, -0.1) is 0 Å². The lowest BCUT2D eigenvalue weighted by atomic mass is 9.82. The van der Waals surface area contributed by atoms with Crippen molar-refractivity contribution < 1.29 is 9.59 Å². The van der Waals surface area contributed by atoms with Gasteiger partial charge in [0.1, 0.15) is 0 Å². The highest BCUT2D eigenvalue weighted by atomic mass is 16.2. The van der Waals surface area contributed by atoms with Gasteiger partial charge in [-0.25, -0.2) is 0 Å². The summed E-state index contributed by atoms with van der Waals surface area (Å²) in [6.45, 7) is 3.40. The van der Waals surface area contributed by atoms with Gasteiger partial charge in [-0.05, 0) is 54.3 Å². The first-order valence-electron chi connectivity index (χ1n) is 11.0. The van der Waals surface area contributed by atoms with Crippen molar-refractivity contribution in [2.75, 3.05) is 18.4 Å². The number of anilines is 1. The fraction of sp³-hybridized carbons (Fsp3) is 0.269. The number of hydrogen-bond donors (Lipinski definition) is 1. The fourth-order valence-corrected chi connectivity index (χ4v) is 5.03. The molecule has 0 unspecified atom stereocenters. The summed E-state index contributed by atoms with van der Waals surface area (Å²) in [5.41, 5.74) is 3.92. The van der Waals surface area contributed by atoms with Crippen LogP contribution in [0, 0.1) is 5.92 Å². The third-order valence-corrected chi connectivity index (χ3v) is 6.43. The van der Waals surface area contributed by atoms with E-state index in [1.807, 2.05) is 76.2 Å². The zero-order valence-electron chi connectivity index (χ0n) is 18.0. The van der Waals surface area contributed by atoms with Gasteiger partial charge < -0.3 is 14.8 Å². The van der Waals surface area contributed by atoms with Crippen LogP contribution >= 0.6 is 0 Å². The van der Waals surface area contributed by atoms with Gasteiger partial charge in [-0.3, -0.25) is 14.4 Å². The number of nitrogens with one attached hydrogen (secondary N) is 1. The van der Waals surface area contributed by atoms with Crippen molar-refractivity contribution in [1.82, 2.24) is 9.47 Å². The molecular weight excluding hydrogens is 402 g/mol. The van der Waals surface area contributed by atoms with E-state index in [0.717, 1.165) is 17.7 Å². The quantitative estimate of drug-likeness (QED) is 0.692. The molecule has 2 amide bonds. The van der Waals surface area contributed by atoms with Gasteiger partial charge in [-0.2, -0.15) is 0 Å². The van der Waals surface area contributed by atoms with Crippen LogP contribution in [0.2, 0.25) is 0 Å². The number of aromatic nitrogens is 1. The van der Waals surface area contributed by atoms with Gasteiger partial charge in [0.25, 0.3) is 11.5 Å². The molecule has 6 nitrogen and oxygen atoms in total. The highest BCUT2D eigenvalue weighted by Gasteiger charge is 2.36. The molecule has 6 heteroatoms. The van der Waals surface area contributed by atoms with Crippen LogP contribution in [0.3, 0.4) is 0 Å². The number of fused-ring (bicyclic) bond motifs is 4. The van der Waals surface area contributed by atoms with Gasteiger partial charge >= 0.3 is 0 Å². The second-order valence-corrected chi connectivity index (χ2v) is 8.72. The van der Waals surface area contributed by atoms with E-state index in [1.165, 1.54) is 6.92 Å². The minimum absolute atomic E-state index is 0.00677. The number of likely N-dealkylation sites (tertiary alicyclic amines) is 1. The molecule has 2 atom stereocenters. The van der Waals surface area contributed by atoms with Crippen LogP contribution in [0.15, 0.2) is 71.5 Å². The summed E-state index contributed by atoms with van der Waals surface area (Å²) in [7, 11) is 0. The number of pyridine rings is 1. The van der Waals surface area contributed by atoms with E-state index in [0.29, 0.717) is 36.4 Å². The SMILES string of the molecule is CC(=O)Nc1ccc(-c2ccc3n(c2=O)C[C@@H]2C[C@@H]3CN(C(=O)c3ccccc3)C2)cc1. The Labute approximate surface area is 186 Å². The molecule has 162 valence electrons. The molecule has 0 spiro atoms. The maximum atomic E-state index is 13.4. The number of carbonyl (C=O) groups is 2. The van der Waals surface area contributed by atoms with Crippen LogP contribution in [-0.4, -0.2) is 34.4 Å². The first-order valence-corrected chi connectivity index (χ1v) is 11.0. The Balaban J connectivity index is 1.42. The van der Waals surface area contributed by atoms with Crippen LogP contribution < -0.4 is 10.9 Å². The Kier molecular flexibility index (Phi) is 5.13. The van der Waals surface area contributed by atoms with Crippen molar-refractivity contribution in [2.24, 2.45) is 5.92 Å². The molecule has 1 fully saturated rings. The lowest BCUT2D eigenvalue weighted by molar-refractivity contribution is -0.114. The van der Waals surface area contributed by atoms with E-state index < -0.39 is 0 Å². The molecule has 2 aliphatic rings. The Morgan fingerprint density at radius 2 is 1.66 bits per heavy atom. The van der Waals surface area contributed by atoms with Crippen LogP contribution in [-0.2, 0) is 11.3 Å². The number of benzene rings is 2. The average Bonchev–Trinajstić information content (AvgIpc) is 2.80. The summed E-state index contributed by atoms with van der Waals surface area (Å²) in [4.78, 5) is 39.5. The predicted molar refractivity (Wildman–Crippen MR) is 124 cm³/mol. The lowest BCUT2D eigenvalue weighted by Gasteiger charge is -2.43. The second kappa shape index (κ2) is 8.11. The standard InChI is InChI=1S/C26H25N3O3/c1-17(30)27-22-9-7-19(8-10-22)23-11-12-24-21-13-18(15-29(24)26(23)32)14-28(16-21)25(31)20-5-3-2-4-6-20/h2-12,18,21H,13-16H2,1H3,(H,27,30)/t18-,21-/m1/s1. The van der Waals surface area contributed by atoms with Crippen LogP contribution in [0.5, 0.6) is 0 Å². The molecule has 32 heavy (non-hydrogen) atoms. The molecule has 3 heterocycles. The molecular formula is C26H25N3O3. The molecule has 2 aliphatic heterocycles. The molecule has 5 rings (SSSR count). The van der Waals surface area contributed by atoms with Crippen LogP contribution in [0.4, 0.5) is 5.69 Å². The van der Waals surface area contributed by atoms with Gasteiger partial charge in [0.05, 0.1) is 0 Å². The minimum Gasteiger partial charge on any atom is -0.338 e. The van der Waals surface area contributed by atoms with Gasteiger partial charge in [0.2, 0.25) is 5.91 Å². The largest absolute Gasteiger partial charge is 0.338 e. The van der Waals surface area contributed by atoms with E-state index in [9.17, 15) is 14.4 Å². The normalized spacial score (nSPS) is 19.2. The van der Waals surface area contributed by atoms with Crippen molar-refractivity contribution in [3.05, 3.63) is 88.3 Å². The van der Waals surface area contributed by atoms with Crippen molar-refractivity contribution in [1.29, 1.82) is 0 Å². The first kappa shape index (κ1) is 20.2. The van der Waals surface area contributed by atoms with Crippen molar-refractivity contribution in [2.45, 2.75) is 25.8 Å². The number of hydrogen-bond acceptors (Lipinski definition) is 3. The first-order chi connectivity index (χ1) is 15.5. The molecule has 1 N–H and O–H groups in total. The van der Waals surface area contributed by atoms with E-state index >= 15 is 0 Å². The summed E-state index contributed by atoms with van der Waals surface area (Å²) >= 11 is 0. The number of nitrogens with zero attached hydrogens (tertiary/aromatic N) is 2. The van der Waals surface area contributed by atoms with E-state index in [2.05, 4.69) is 5.32 Å². The smallest absolute Gasteiger partial charge is 0.258 e. The Morgan fingerprint density at radius 1 is 0.906 bits per heavy atom. The Bertz CT molecular complexity index is 1230. The van der Waals surface area contributed by atoms with E-state index in [-0.39, 0.29) is 29.2 Å². The molecule has 3 aromatic rings. The monoisotopic (exact) mass is 427 g/mol. The molecule has 2 bridgehead atoms. The van der Waals surface area contributed by atoms with E-state index in [4.69, 9.17) is 0 Å². The number of piperidine rings is 1. The average molecular weight is 428 g/mol. The van der Waals surface area contributed by atoms with Crippen LogP contribution in [0.25, 0.3) is 11.1 Å². The number of amides is 2. The van der Waals surface area contributed by atoms with Crippen molar-refractivity contribution in [3.63, 3.8) is 0 Å². The topological polar surface area (TPSA) is 71.4 Å². The molecule has 2 aromatic carbocycles. The molecule has 0 saturated carbocycles. The molecule has 1 saturated heterocycles. The van der Waals surface area contributed by atoms with Crippen molar-refractivity contribution >= 4 is 17.5 Å². The number of rotatable bonds is 3. The minimum atomic E-state index is -0.127. The second-order valence-electron chi connectivity index (χ2n) is 8.72. The van der Waals surface area contributed by atoms with Gasteiger partial charge in [-0.1, -0.05) is 30.3 Å². The molecule has 0 radical (unpaired) electrons. The maximum Gasteiger partial charge on any atom is 0.258 e. The zero-order chi connectivity index (χ0) is 22.2. The summed E-state index contributed by atoms with van der Waals surface area (Å²) < 4.78 is 1.90. The third-order valence-electron chi connectivity index (χ3n) is 6.43. The fourth-order valence-electron chi connectivity index (χ4n) is 5.03. The predicted octanol–water partition coefficient (Wildman–Crippen LogP) is 3.73. The highest BCUT2D eigenvalue weighted by Crippen LogP contribution is 2.36. The van der Waals surface area contributed by atoms with Gasteiger partial charge in [0, 0.05) is 55.0 Å². The maximum absolute atomic E-state index is 13.4. The summed E-state index contributed by atoms with van der Waals surface area (Å²) in [5, 5.41) is 2.75. The summed E-state index contributed by atoms with van der Waals surface area (Å²) in [5.74, 6) is 0.368. The van der Waals surface area contributed by atoms with Crippen LogP contribution in [0.1, 0.15) is 35.3 Å². The summed E-state index contributed by atoms with van der Waals surface area (Å²) in [6, 6.07) is 20.7. The third kappa shape index (κ3) is 3.73. The molecule has 1 aromatic heterocycles. The van der Waals surface area contributed by atoms with Crippen molar-refractivity contribution in [3.8, 4) is 11.1 Å². The van der Waals surface area contributed by atoms with E-state index in [1.54, 1.807) is 0 Å². The Hall–Kier alpha value is -3.67. The Morgan fingerprint density at radius 3 is 2.38 bits per heavy atom. The lowest BCUT2D eigenvalue weighted by Crippen LogP contribution is -2.49. The zero-order valence-corrected chi connectivity index (χ0v) is 18.0.